The van der Waals surface area contributed by atoms with E-state index in [2.05, 4.69) is 153 Å². The predicted molar refractivity (Wildman–Crippen MR) is 158 cm³/mol. The number of rotatable bonds is 4. The summed E-state index contributed by atoms with van der Waals surface area (Å²) in [6.45, 7) is 6.81. The van der Waals surface area contributed by atoms with Gasteiger partial charge < -0.3 is 9.64 Å². The molecule has 0 fully saturated rings. The zero-order valence-electron chi connectivity index (χ0n) is 22.5. The number of anilines is 3. The Kier molecular flexibility index (Phi) is 5.84. The molecule has 0 N–H and O–H groups in total. The van der Waals surface area contributed by atoms with Gasteiger partial charge in [0.25, 0.3) is 0 Å². The maximum absolute atomic E-state index is 6.14. The normalized spacial score (nSPS) is 13.9. The van der Waals surface area contributed by atoms with Crippen LogP contribution in [0.3, 0.4) is 0 Å². The van der Waals surface area contributed by atoms with Gasteiger partial charge in [0.15, 0.2) is 0 Å². The Labute approximate surface area is 226 Å². The van der Waals surface area contributed by atoms with Crippen LogP contribution in [0.2, 0.25) is 0 Å². The summed E-state index contributed by atoms with van der Waals surface area (Å²) >= 11 is 0. The molecule has 0 bridgehead atoms. The van der Waals surface area contributed by atoms with E-state index < -0.39 is 5.41 Å². The molecule has 0 aromatic heterocycles. The number of ether oxygens (including phenoxy) is 1. The van der Waals surface area contributed by atoms with Crippen molar-refractivity contribution in [1.29, 1.82) is 0 Å². The second-order valence-electron chi connectivity index (χ2n) is 11.0. The zero-order chi connectivity index (χ0) is 26.3. The van der Waals surface area contributed by atoms with Crippen LogP contribution in [-0.2, 0) is 10.8 Å². The fourth-order valence-corrected chi connectivity index (χ4v) is 6.01. The molecular formula is C36H33NO. The lowest BCUT2D eigenvalue weighted by atomic mass is 9.61. The summed E-state index contributed by atoms with van der Waals surface area (Å²) < 4.78 is 6.14. The standard InChI is InChI=1S/C36H33NO/c1-35(2,3)27-23-24-34(38-4)31(25-27)36(26-15-7-5-8-16-26)29-19-11-13-21-32(29)37(28-17-9-6-10-18-28)33-22-14-12-20-30(33)36/h5-25H,1-4H3. The Morgan fingerprint density at radius 3 is 1.66 bits per heavy atom. The van der Waals surface area contributed by atoms with E-state index in [0.717, 1.165) is 17.0 Å². The molecule has 2 nitrogen and oxygen atoms in total. The summed E-state index contributed by atoms with van der Waals surface area (Å²) in [6.07, 6.45) is 0. The highest BCUT2D eigenvalue weighted by Crippen LogP contribution is 2.59. The van der Waals surface area contributed by atoms with Crippen LogP contribution in [-0.4, -0.2) is 7.11 Å². The molecule has 38 heavy (non-hydrogen) atoms. The van der Waals surface area contributed by atoms with Gasteiger partial charge in [-0.15, -0.1) is 0 Å². The van der Waals surface area contributed by atoms with Gasteiger partial charge in [0.2, 0.25) is 0 Å². The molecule has 0 aliphatic carbocycles. The van der Waals surface area contributed by atoms with Gasteiger partial charge in [-0.3, -0.25) is 0 Å². The quantitative estimate of drug-likeness (QED) is 0.242. The minimum absolute atomic E-state index is 0.0112. The minimum atomic E-state index is -0.577. The molecule has 5 aromatic carbocycles. The Morgan fingerprint density at radius 1 is 0.579 bits per heavy atom. The number of nitrogens with zero attached hydrogens (tertiary/aromatic N) is 1. The Hall–Kier alpha value is -4.30. The van der Waals surface area contributed by atoms with Crippen LogP contribution in [0.15, 0.2) is 127 Å². The summed E-state index contributed by atoms with van der Waals surface area (Å²) in [5, 5.41) is 0. The van der Waals surface area contributed by atoms with Crippen molar-refractivity contribution in [1.82, 2.24) is 0 Å². The number of fused-ring (bicyclic) bond motifs is 2. The van der Waals surface area contributed by atoms with E-state index in [1.54, 1.807) is 7.11 Å². The molecule has 0 unspecified atom stereocenters. The third-order valence-corrected chi connectivity index (χ3v) is 7.79. The first kappa shape index (κ1) is 24.1. The summed E-state index contributed by atoms with van der Waals surface area (Å²) in [4.78, 5) is 2.39. The first-order chi connectivity index (χ1) is 18.5. The van der Waals surface area contributed by atoms with Crippen LogP contribution in [0.5, 0.6) is 5.75 Å². The third kappa shape index (κ3) is 3.63. The van der Waals surface area contributed by atoms with Crippen molar-refractivity contribution >= 4 is 17.1 Å². The smallest absolute Gasteiger partial charge is 0.123 e. The maximum Gasteiger partial charge on any atom is 0.123 e. The van der Waals surface area contributed by atoms with Gasteiger partial charge in [-0.1, -0.05) is 112 Å². The molecule has 0 amide bonds. The van der Waals surface area contributed by atoms with E-state index in [-0.39, 0.29) is 5.41 Å². The van der Waals surface area contributed by atoms with E-state index in [1.165, 1.54) is 33.6 Å². The van der Waals surface area contributed by atoms with Crippen LogP contribution in [0, 0.1) is 0 Å². The van der Waals surface area contributed by atoms with E-state index in [4.69, 9.17) is 4.74 Å². The summed E-state index contributed by atoms with van der Waals surface area (Å²) in [5.74, 6) is 0.889. The molecule has 0 saturated carbocycles. The first-order valence-corrected chi connectivity index (χ1v) is 13.2. The lowest BCUT2D eigenvalue weighted by Crippen LogP contribution is -2.38. The molecule has 0 spiro atoms. The van der Waals surface area contributed by atoms with Gasteiger partial charge >= 0.3 is 0 Å². The van der Waals surface area contributed by atoms with Crippen molar-refractivity contribution in [2.45, 2.75) is 31.6 Å². The van der Waals surface area contributed by atoms with Crippen molar-refractivity contribution in [3.8, 4) is 5.75 Å². The third-order valence-electron chi connectivity index (χ3n) is 7.79. The van der Waals surface area contributed by atoms with Crippen LogP contribution in [0.1, 0.15) is 48.6 Å². The van der Waals surface area contributed by atoms with Gasteiger partial charge in [0, 0.05) is 11.3 Å². The molecule has 1 heterocycles. The number of para-hydroxylation sites is 3. The summed E-state index contributed by atoms with van der Waals surface area (Å²) in [6, 6.07) is 46.0. The number of hydrogen-bond acceptors (Lipinski definition) is 2. The van der Waals surface area contributed by atoms with Gasteiger partial charge in [-0.2, -0.15) is 0 Å². The molecule has 6 rings (SSSR count). The van der Waals surface area contributed by atoms with E-state index in [9.17, 15) is 0 Å². The fourth-order valence-electron chi connectivity index (χ4n) is 6.01. The summed E-state index contributed by atoms with van der Waals surface area (Å²) in [5.41, 5.74) is 9.02. The molecular weight excluding hydrogens is 462 g/mol. The molecule has 5 aromatic rings. The zero-order valence-corrected chi connectivity index (χ0v) is 22.5. The maximum atomic E-state index is 6.14. The van der Waals surface area contributed by atoms with E-state index in [0.29, 0.717) is 0 Å². The van der Waals surface area contributed by atoms with Crippen molar-refractivity contribution in [3.63, 3.8) is 0 Å². The number of hydrogen-bond donors (Lipinski definition) is 0. The van der Waals surface area contributed by atoms with Gasteiger partial charge in [-0.05, 0) is 64.1 Å². The van der Waals surface area contributed by atoms with Gasteiger partial charge in [0.1, 0.15) is 5.75 Å². The van der Waals surface area contributed by atoms with Crippen LogP contribution >= 0.6 is 0 Å². The van der Waals surface area contributed by atoms with Gasteiger partial charge in [0.05, 0.1) is 23.9 Å². The molecule has 1 aliphatic heterocycles. The highest BCUT2D eigenvalue weighted by Gasteiger charge is 2.48. The highest BCUT2D eigenvalue weighted by molar-refractivity contribution is 5.89. The molecule has 2 heteroatoms. The first-order valence-electron chi connectivity index (χ1n) is 13.2. The van der Waals surface area contributed by atoms with E-state index >= 15 is 0 Å². The Balaban J connectivity index is 1.80. The molecule has 0 radical (unpaired) electrons. The van der Waals surface area contributed by atoms with Crippen molar-refractivity contribution in [3.05, 3.63) is 155 Å². The lowest BCUT2D eigenvalue weighted by Gasteiger charge is -2.47. The van der Waals surface area contributed by atoms with Gasteiger partial charge in [-0.25, -0.2) is 0 Å². The predicted octanol–water partition coefficient (Wildman–Crippen LogP) is 9.16. The summed E-state index contributed by atoms with van der Waals surface area (Å²) in [7, 11) is 1.78. The topological polar surface area (TPSA) is 12.5 Å². The molecule has 188 valence electrons. The van der Waals surface area contributed by atoms with Crippen LogP contribution in [0.4, 0.5) is 17.1 Å². The minimum Gasteiger partial charge on any atom is -0.496 e. The fraction of sp³-hybridized carbons (Fsp3) is 0.167. The monoisotopic (exact) mass is 495 g/mol. The molecule has 0 atom stereocenters. The Bertz CT molecular complexity index is 1530. The second kappa shape index (κ2) is 9.22. The number of methoxy groups -OCH3 is 1. The van der Waals surface area contributed by atoms with Crippen LogP contribution in [0.25, 0.3) is 0 Å². The second-order valence-corrected chi connectivity index (χ2v) is 11.0. The van der Waals surface area contributed by atoms with Crippen LogP contribution < -0.4 is 9.64 Å². The largest absolute Gasteiger partial charge is 0.496 e. The average molecular weight is 496 g/mol. The Morgan fingerprint density at radius 2 is 1.11 bits per heavy atom. The molecule has 1 aliphatic rings. The average Bonchev–Trinajstić information content (AvgIpc) is 2.96. The van der Waals surface area contributed by atoms with Crippen molar-refractivity contribution in [2.75, 3.05) is 12.0 Å². The lowest BCUT2D eigenvalue weighted by molar-refractivity contribution is 0.404. The highest BCUT2D eigenvalue weighted by atomic mass is 16.5. The van der Waals surface area contributed by atoms with Crippen molar-refractivity contribution in [2.24, 2.45) is 0 Å². The number of benzene rings is 5. The molecule has 0 saturated heterocycles. The van der Waals surface area contributed by atoms with Crippen molar-refractivity contribution < 1.29 is 4.74 Å². The SMILES string of the molecule is COc1ccc(C(C)(C)C)cc1C1(c2ccccc2)c2ccccc2N(c2ccccc2)c2ccccc21. The van der Waals surface area contributed by atoms with E-state index in [1.807, 2.05) is 0 Å².